The van der Waals surface area contributed by atoms with Crippen LogP contribution in [0.1, 0.15) is 0 Å². The van der Waals surface area contributed by atoms with E-state index in [4.69, 9.17) is 11.6 Å². The predicted molar refractivity (Wildman–Crippen MR) is 84.8 cm³/mol. The summed E-state index contributed by atoms with van der Waals surface area (Å²) in [6, 6.07) is 12.0. The van der Waals surface area contributed by atoms with Crippen LogP contribution >= 0.6 is 27.5 Å². The van der Waals surface area contributed by atoms with Gasteiger partial charge in [-0.15, -0.1) is 10.2 Å². The van der Waals surface area contributed by atoms with Gasteiger partial charge in [-0.25, -0.2) is 4.79 Å². The third-order valence-corrected chi connectivity index (χ3v) is 3.48. The first kappa shape index (κ1) is 13.8. The summed E-state index contributed by atoms with van der Waals surface area (Å²) in [4.78, 5) is 12.0. The van der Waals surface area contributed by atoms with Gasteiger partial charge in [0.25, 0.3) is 0 Å². The number of rotatable bonds is 2. The molecule has 0 atom stereocenters. The number of amides is 2. The fourth-order valence-corrected chi connectivity index (χ4v) is 2.45. The van der Waals surface area contributed by atoms with Gasteiger partial charge in [-0.1, -0.05) is 39.7 Å². The van der Waals surface area contributed by atoms with Gasteiger partial charge in [0.2, 0.25) is 5.95 Å². The Morgan fingerprint density at radius 1 is 1.14 bits per heavy atom. The zero-order valence-electron chi connectivity index (χ0n) is 10.5. The van der Waals surface area contributed by atoms with Crippen molar-refractivity contribution in [3.63, 3.8) is 0 Å². The zero-order valence-corrected chi connectivity index (χ0v) is 12.9. The van der Waals surface area contributed by atoms with Crippen LogP contribution in [0.5, 0.6) is 0 Å². The minimum Gasteiger partial charge on any atom is -0.308 e. The molecule has 0 fully saturated rings. The molecule has 0 aliphatic carbocycles. The van der Waals surface area contributed by atoms with Crippen LogP contribution in [0.2, 0.25) is 5.15 Å². The molecule has 2 aromatic heterocycles. The van der Waals surface area contributed by atoms with Gasteiger partial charge < -0.3 is 5.32 Å². The molecule has 0 radical (unpaired) electrons. The van der Waals surface area contributed by atoms with Crippen LogP contribution in [-0.2, 0) is 0 Å². The lowest BCUT2D eigenvalue weighted by Crippen LogP contribution is -2.21. The molecule has 8 heteroatoms. The largest absolute Gasteiger partial charge is 0.326 e. The van der Waals surface area contributed by atoms with Gasteiger partial charge in [-0.05, 0) is 30.3 Å². The van der Waals surface area contributed by atoms with Crippen LogP contribution in [0.25, 0.3) is 5.65 Å². The van der Waals surface area contributed by atoms with Crippen molar-refractivity contribution in [2.75, 3.05) is 10.6 Å². The number of carbonyl (C=O) groups is 1. The maximum absolute atomic E-state index is 12.0. The van der Waals surface area contributed by atoms with Crippen molar-refractivity contribution in [2.45, 2.75) is 0 Å². The Labute approximate surface area is 133 Å². The van der Waals surface area contributed by atoms with Crippen molar-refractivity contribution in [3.8, 4) is 0 Å². The fraction of sp³-hybridized carbons (Fsp3) is 0. The summed E-state index contributed by atoms with van der Waals surface area (Å²) in [5, 5.41) is 13.6. The second kappa shape index (κ2) is 5.71. The van der Waals surface area contributed by atoms with Crippen LogP contribution < -0.4 is 10.6 Å². The number of benzene rings is 1. The van der Waals surface area contributed by atoms with E-state index in [1.807, 2.05) is 12.1 Å². The maximum Gasteiger partial charge on any atom is 0.326 e. The smallest absolute Gasteiger partial charge is 0.308 e. The van der Waals surface area contributed by atoms with Gasteiger partial charge in [-0.2, -0.15) is 0 Å². The van der Waals surface area contributed by atoms with E-state index in [2.05, 4.69) is 36.8 Å². The van der Waals surface area contributed by atoms with E-state index in [-0.39, 0.29) is 5.95 Å². The van der Waals surface area contributed by atoms with Crippen molar-refractivity contribution in [1.29, 1.82) is 0 Å². The molecular formula is C13H9BrClN5O. The molecule has 2 amide bonds. The number of halogens is 2. The van der Waals surface area contributed by atoms with Crippen LogP contribution in [-0.4, -0.2) is 20.6 Å². The average Bonchev–Trinajstić information content (AvgIpc) is 2.83. The van der Waals surface area contributed by atoms with Gasteiger partial charge >= 0.3 is 6.03 Å². The van der Waals surface area contributed by atoms with Crippen molar-refractivity contribution in [3.05, 3.63) is 52.1 Å². The Morgan fingerprint density at radius 3 is 2.76 bits per heavy atom. The van der Waals surface area contributed by atoms with E-state index >= 15 is 0 Å². The highest BCUT2D eigenvalue weighted by molar-refractivity contribution is 9.10. The second-order valence-corrected chi connectivity index (χ2v) is 5.46. The monoisotopic (exact) mass is 365 g/mol. The van der Waals surface area contributed by atoms with E-state index < -0.39 is 6.03 Å². The Balaban J connectivity index is 1.81. The van der Waals surface area contributed by atoms with Gasteiger partial charge in [0, 0.05) is 10.2 Å². The maximum atomic E-state index is 12.0. The summed E-state index contributed by atoms with van der Waals surface area (Å²) in [7, 11) is 0. The third kappa shape index (κ3) is 2.98. The minimum atomic E-state index is -0.428. The lowest BCUT2D eigenvalue weighted by Gasteiger charge is -2.07. The summed E-state index contributed by atoms with van der Waals surface area (Å²) in [6.45, 7) is 0. The minimum absolute atomic E-state index is 0.253. The van der Waals surface area contributed by atoms with E-state index in [1.54, 1.807) is 34.7 Å². The van der Waals surface area contributed by atoms with E-state index in [0.717, 1.165) is 4.47 Å². The number of anilines is 2. The summed E-state index contributed by atoms with van der Waals surface area (Å²) >= 11 is 9.41. The number of pyridine rings is 1. The second-order valence-electron chi connectivity index (χ2n) is 4.16. The van der Waals surface area contributed by atoms with Crippen molar-refractivity contribution in [1.82, 2.24) is 14.6 Å². The molecule has 6 nitrogen and oxygen atoms in total. The molecule has 0 unspecified atom stereocenters. The number of carbonyl (C=O) groups excluding carboxylic acids is 1. The molecule has 0 aliphatic rings. The van der Waals surface area contributed by atoms with Gasteiger partial charge in [0.1, 0.15) is 5.15 Å². The first-order chi connectivity index (χ1) is 10.1. The van der Waals surface area contributed by atoms with Crippen molar-refractivity contribution >= 4 is 50.8 Å². The average molecular weight is 367 g/mol. The number of nitrogens with one attached hydrogen (secondary N) is 2. The summed E-state index contributed by atoms with van der Waals surface area (Å²) in [5.41, 5.74) is 1.21. The molecule has 0 bridgehead atoms. The van der Waals surface area contributed by atoms with Crippen molar-refractivity contribution < 1.29 is 4.79 Å². The molecule has 3 rings (SSSR count). The SMILES string of the molecule is O=C(Nc1cccc(Br)c1)Nc1nnc2cccc(Cl)n12. The van der Waals surface area contributed by atoms with Gasteiger partial charge in [-0.3, -0.25) is 9.72 Å². The highest BCUT2D eigenvalue weighted by Gasteiger charge is 2.11. The van der Waals surface area contributed by atoms with Crippen LogP contribution in [0.3, 0.4) is 0 Å². The molecule has 106 valence electrons. The molecule has 3 aromatic rings. The molecule has 0 saturated carbocycles. The Morgan fingerprint density at radius 2 is 1.95 bits per heavy atom. The number of urea groups is 1. The van der Waals surface area contributed by atoms with Crippen molar-refractivity contribution in [2.24, 2.45) is 0 Å². The standard InChI is InChI=1S/C13H9BrClN5O/c14-8-3-1-4-9(7-8)16-13(21)17-12-19-18-11-6-2-5-10(15)20(11)12/h1-7H,(H2,16,17,19,21). The number of hydrogen-bond acceptors (Lipinski definition) is 3. The van der Waals surface area contributed by atoms with E-state index in [9.17, 15) is 4.79 Å². The Bertz CT molecular complexity index is 819. The van der Waals surface area contributed by atoms with Crippen LogP contribution in [0.4, 0.5) is 16.4 Å². The topological polar surface area (TPSA) is 71.3 Å². The molecule has 2 heterocycles. The summed E-state index contributed by atoms with van der Waals surface area (Å²) in [6.07, 6.45) is 0. The molecule has 0 saturated heterocycles. The number of nitrogens with zero attached hydrogens (tertiary/aromatic N) is 3. The van der Waals surface area contributed by atoms with Crippen LogP contribution in [0.15, 0.2) is 46.9 Å². The highest BCUT2D eigenvalue weighted by atomic mass is 79.9. The third-order valence-electron chi connectivity index (χ3n) is 2.69. The Kier molecular flexibility index (Phi) is 3.76. The zero-order chi connectivity index (χ0) is 14.8. The quantitative estimate of drug-likeness (QED) is 0.678. The van der Waals surface area contributed by atoms with E-state index in [1.165, 1.54) is 0 Å². The molecule has 0 aliphatic heterocycles. The molecule has 21 heavy (non-hydrogen) atoms. The van der Waals surface area contributed by atoms with E-state index in [0.29, 0.717) is 16.5 Å². The molecule has 2 N–H and O–H groups in total. The number of fused-ring (bicyclic) bond motifs is 1. The summed E-state index contributed by atoms with van der Waals surface area (Å²) < 4.78 is 2.42. The van der Waals surface area contributed by atoms with Gasteiger partial charge in [0.05, 0.1) is 0 Å². The Hall–Kier alpha value is -2.12. The lowest BCUT2D eigenvalue weighted by atomic mass is 10.3. The number of aromatic nitrogens is 3. The summed E-state index contributed by atoms with van der Waals surface area (Å²) in [5.74, 6) is 0.253. The highest BCUT2D eigenvalue weighted by Crippen LogP contribution is 2.18. The first-order valence-electron chi connectivity index (χ1n) is 5.97. The lowest BCUT2D eigenvalue weighted by molar-refractivity contribution is 0.262. The normalized spacial score (nSPS) is 10.6. The molecule has 0 spiro atoms. The van der Waals surface area contributed by atoms with Crippen LogP contribution in [0, 0.1) is 0 Å². The first-order valence-corrected chi connectivity index (χ1v) is 7.14. The predicted octanol–water partition coefficient (Wildman–Crippen LogP) is 3.79. The molecule has 1 aromatic carbocycles. The molecular weight excluding hydrogens is 358 g/mol. The number of hydrogen-bond donors (Lipinski definition) is 2. The fourth-order valence-electron chi connectivity index (χ4n) is 1.81. The van der Waals surface area contributed by atoms with Gasteiger partial charge in [0.15, 0.2) is 5.65 Å².